The molecular weight excluding hydrogens is 254 g/mol. The fourth-order valence-electron chi connectivity index (χ4n) is 1.63. The molecule has 0 aromatic carbocycles. The number of allylic oxidation sites excluding steroid dienone is 2. The van der Waals surface area contributed by atoms with Crippen molar-refractivity contribution in [2.45, 2.75) is 5.16 Å². The average Bonchev–Trinajstić information content (AvgIpc) is 2.79. The van der Waals surface area contributed by atoms with Crippen molar-refractivity contribution in [1.29, 1.82) is 0 Å². The largest absolute Gasteiger partial charge is 0.364 e. The molecule has 1 aliphatic rings. The van der Waals surface area contributed by atoms with Gasteiger partial charge in [-0.05, 0) is 11.6 Å². The maximum Gasteiger partial charge on any atom is 0.225 e. The number of aromatic amines is 1. The molecule has 0 saturated heterocycles. The SMILES string of the molecule is COCN1C=CC(c2cnc(S(C)(=O)=O)[nH]2)=CC1. The van der Waals surface area contributed by atoms with Crippen LogP contribution in [0.25, 0.3) is 5.57 Å². The summed E-state index contributed by atoms with van der Waals surface area (Å²) in [6, 6.07) is 0. The summed E-state index contributed by atoms with van der Waals surface area (Å²) in [7, 11) is -1.65. The maximum absolute atomic E-state index is 11.3. The van der Waals surface area contributed by atoms with Crippen LogP contribution >= 0.6 is 0 Å². The molecule has 2 heterocycles. The van der Waals surface area contributed by atoms with Gasteiger partial charge in [-0.15, -0.1) is 0 Å². The lowest BCUT2D eigenvalue weighted by molar-refractivity contribution is 0.103. The summed E-state index contributed by atoms with van der Waals surface area (Å²) in [6.45, 7) is 1.24. The third-order valence-corrected chi connectivity index (χ3v) is 3.43. The summed E-state index contributed by atoms with van der Waals surface area (Å²) >= 11 is 0. The molecule has 0 spiro atoms. The van der Waals surface area contributed by atoms with Gasteiger partial charge in [0.05, 0.1) is 11.9 Å². The number of imidazole rings is 1. The molecule has 0 bridgehead atoms. The van der Waals surface area contributed by atoms with E-state index in [-0.39, 0.29) is 5.16 Å². The standard InChI is InChI=1S/C11H15N3O3S/c1-17-8-14-5-3-9(4-6-14)10-7-12-11(13-10)18(2,15)16/h3-5,7H,6,8H2,1-2H3,(H,12,13). The first-order valence-electron chi connectivity index (χ1n) is 5.37. The van der Waals surface area contributed by atoms with Crippen molar-refractivity contribution in [1.82, 2.24) is 14.9 Å². The number of methoxy groups -OCH3 is 1. The van der Waals surface area contributed by atoms with E-state index in [2.05, 4.69) is 9.97 Å². The van der Waals surface area contributed by atoms with E-state index in [1.807, 2.05) is 23.3 Å². The predicted molar refractivity (Wildman–Crippen MR) is 67.4 cm³/mol. The molecule has 1 aliphatic heterocycles. The summed E-state index contributed by atoms with van der Waals surface area (Å²) < 4.78 is 27.6. The van der Waals surface area contributed by atoms with Crippen LogP contribution in [0.4, 0.5) is 0 Å². The summed E-state index contributed by atoms with van der Waals surface area (Å²) in [5, 5.41) is -0.00822. The Hall–Kier alpha value is -1.60. The molecule has 1 aromatic rings. The second-order valence-electron chi connectivity index (χ2n) is 4.04. The minimum atomic E-state index is -3.29. The van der Waals surface area contributed by atoms with Crippen molar-refractivity contribution < 1.29 is 13.2 Å². The van der Waals surface area contributed by atoms with E-state index in [9.17, 15) is 8.42 Å². The second-order valence-corrected chi connectivity index (χ2v) is 5.97. The minimum Gasteiger partial charge on any atom is -0.364 e. The molecule has 0 amide bonds. The highest BCUT2D eigenvalue weighted by atomic mass is 32.2. The molecule has 0 radical (unpaired) electrons. The summed E-state index contributed by atoms with van der Waals surface area (Å²) in [5.41, 5.74) is 1.62. The van der Waals surface area contributed by atoms with Crippen molar-refractivity contribution in [2.75, 3.05) is 26.6 Å². The molecule has 0 fully saturated rings. The first-order chi connectivity index (χ1) is 8.50. The van der Waals surface area contributed by atoms with E-state index in [1.165, 1.54) is 6.20 Å². The topological polar surface area (TPSA) is 75.3 Å². The highest BCUT2D eigenvalue weighted by Crippen LogP contribution is 2.18. The third kappa shape index (κ3) is 2.80. The number of rotatable bonds is 4. The van der Waals surface area contributed by atoms with Crippen LogP contribution < -0.4 is 0 Å². The highest BCUT2D eigenvalue weighted by Gasteiger charge is 2.14. The van der Waals surface area contributed by atoms with Gasteiger partial charge in [-0.1, -0.05) is 6.08 Å². The Morgan fingerprint density at radius 1 is 1.56 bits per heavy atom. The van der Waals surface area contributed by atoms with Crippen LogP contribution in [0.15, 0.2) is 29.7 Å². The van der Waals surface area contributed by atoms with Crippen LogP contribution in [0, 0.1) is 0 Å². The first-order valence-corrected chi connectivity index (χ1v) is 7.26. The number of nitrogens with one attached hydrogen (secondary N) is 1. The van der Waals surface area contributed by atoms with Gasteiger partial charge >= 0.3 is 0 Å². The molecule has 18 heavy (non-hydrogen) atoms. The monoisotopic (exact) mass is 269 g/mol. The number of aromatic nitrogens is 2. The van der Waals surface area contributed by atoms with Gasteiger partial charge in [0.25, 0.3) is 0 Å². The van der Waals surface area contributed by atoms with E-state index in [0.717, 1.165) is 11.8 Å². The fourth-order valence-corrected chi connectivity index (χ4v) is 2.17. The van der Waals surface area contributed by atoms with Crippen LogP contribution in [0.2, 0.25) is 0 Å². The van der Waals surface area contributed by atoms with E-state index in [1.54, 1.807) is 7.11 Å². The Kier molecular flexibility index (Phi) is 3.53. The molecule has 6 nitrogen and oxygen atoms in total. The Bertz CT molecular complexity index is 586. The van der Waals surface area contributed by atoms with Crippen molar-refractivity contribution in [3.63, 3.8) is 0 Å². The third-order valence-electron chi connectivity index (χ3n) is 2.52. The van der Waals surface area contributed by atoms with Crippen molar-refractivity contribution in [2.24, 2.45) is 0 Å². The quantitative estimate of drug-likeness (QED) is 0.867. The molecule has 1 N–H and O–H groups in total. The second kappa shape index (κ2) is 4.95. The zero-order chi connectivity index (χ0) is 13.2. The van der Waals surface area contributed by atoms with Crippen molar-refractivity contribution in [3.8, 4) is 0 Å². The van der Waals surface area contributed by atoms with Gasteiger partial charge in [-0.25, -0.2) is 13.4 Å². The molecule has 0 saturated carbocycles. The normalized spacial score (nSPS) is 15.9. The number of hydrogen-bond acceptors (Lipinski definition) is 5. The van der Waals surface area contributed by atoms with Crippen LogP contribution in [-0.4, -0.2) is 49.9 Å². The number of hydrogen-bond donors (Lipinski definition) is 1. The average molecular weight is 269 g/mol. The van der Waals surface area contributed by atoms with Gasteiger partial charge in [0, 0.05) is 26.1 Å². The number of sulfone groups is 1. The van der Waals surface area contributed by atoms with Gasteiger partial charge in [0.15, 0.2) is 0 Å². The van der Waals surface area contributed by atoms with Gasteiger partial charge in [-0.2, -0.15) is 0 Å². The molecule has 98 valence electrons. The molecule has 0 atom stereocenters. The molecular formula is C11H15N3O3S. The zero-order valence-corrected chi connectivity index (χ0v) is 11.1. The Morgan fingerprint density at radius 3 is 2.83 bits per heavy atom. The first kappa shape index (κ1) is 12.8. The lowest BCUT2D eigenvalue weighted by Crippen LogP contribution is -2.21. The van der Waals surface area contributed by atoms with Crippen LogP contribution in [-0.2, 0) is 14.6 Å². The van der Waals surface area contributed by atoms with Gasteiger partial charge in [-0.3, -0.25) is 0 Å². The lowest BCUT2D eigenvalue weighted by atomic mass is 10.1. The van der Waals surface area contributed by atoms with Crippen molar-refractivity contribution in [3.05, 3.63) is 30.2 Å². The smallest absolute Gasteiger partial charge is 0.225 e. The Labute approximate surface area is 106 Å². The predicted octanol–water partition coefficient (Wildman–Crippen LogP) is 0.630. The van der Waals surface area contributed by atoms with Crippen LogP contribution in [0.3, 0.4) is 0 Å². The van der Waals surface area contributed by atoms with Gasteiger partial charge in [0.2, 0.25) is 15.0 Å². The van der Waals surface area contributed by atoms with Crippen molar-refractivity contribution >= 4 is 15.4 Å². The molecule has 1 aromatic heterocycles. The van der Waals surface area contributed by atoms with Gasteiger partial charge in [0.1, 0.15) is 6.73 Å². The van der Waals surface area contributed by atoms with E-state index >= 15 is 0 Å². The maximum atomic E-state index is 11.3. The molecule has 0 aliphatic carbocycles. The highest BCUT2D eigenvalue weighted by molar-refractivity contribution is 7.90. The molecule has 0 unspecified atom stereocenters. The van der Waals surface area contributed by atoms with E-state index in [0.29, 0.717) is 19.0 Å². The minimum absolute atomic E-state index is 0.00822. The summed E-state index contributed by atoms with van der Waals surface area (Å²) in [5.74, 6) is 0. The molecule has 7 heteroatoms. The summed E-state index contributed by atoms with van der Waals surface area (Å²) in [6.07, 6.45) is 8.43. The van der Waals surface area contributed by atoms with E-state index in [4.69, 9.17) is 4.74 Å². The van der Waals surface area contributed by atoms with Crippen LogP contribution in [0.5, 0.6) is 0 Å². The molecule has 2 rings (SSSR count). The number of nitrogens with zero attached hydrogens (tertiary/aromatic N) is 2. The lowest BCUT2D eigenvalue weighted by Gasteiger charge is -2.20. The Morgan fingerprint density at radius 2 is 2.33 bits per heavy atom. The Balaban J connectivity index is 2.15. The summed E-state index contributed by atoms with van der Waals surface area (Å²) in [4.78, 5) is 8.65. The van der Waals surface area contributed by atoms with Gasteiger partial charge < -0.3 is 14.6 Å². The van der Waals surface area contributed by atoms with E-state index < -0.39 is 9.84 Å². The van der Waals surface area contributed by atoms with Crippen LogP contribution in [0.1, 0.15) is 5.69 Å². The fraction of sp³-hybridized carbons (Fsp3) is 0.364. The number of ether oxygens (including phenoxy) is 1. The number of H-pyrrole nitrogens is 1. The zero-order valence-electron chi connectivity index (χ0n) is 10.3.